The van der Waals surface area contributed by atoms with E-state index in [9.17, 15) is 5.11 Å². The van der Waals surface area contributed by atoms with Gasteiger partial charge in [-0.3, -0.25) is 0 Å². The first kappa shape index (κ1) is 19.7. The van der Waals surface area contributed by atoms with Gasteiger partial charge in [-0.25, -0.2) is 0 Å². The molecule has 0 aliphatic carbocycles. The molecule has 4 heteroatoms. The molecule has 1 heterocycles. The maximum absolute atomic E-state index is 10.7. The van der Waals surface area contributed by atoms with Crippen LogP contribution in [0.1, 0.15) is 33.9 Å². The van der Waals surface area contributed by atoms with Crippen LogP contribution >= 0.6 is 11.8 Å². The second kappa shape index (κ2) is 7.68. The molecule has 29 heavy (non-hydrogen) atoms. The van der Waals surface area contributed by atoms with Crippen LogP contribution < -0.4 is 9.47 Å². The molecule has 1 aliphatic rings. The summed E-state index contributed by atoms with van der Waals surface area (Å²) >= 11 is 1.81. The van der Waals surface area contributed by atoms with Crippen LogP contribution in [0.2, 0.25) is 0 Å². The molecule has 0 aromatic heterocycles. The number of hydrogen-bond acceptors (Lipinski definition) is 4. The van der Waals surface area contributed by atoms with E-state index in [0.717, 1.165) is 61.1 Å². The van der Waals surface area contributed by atoms with Crippen LogP contribution in [0.15, 0.2) is 47.4 Å². The fraction of sp³-hybridized carbons (Fsp3) is 0.280. The highest BCUT2D eigenvalue weighted by molar-refractivity contribution is 7.99. The Morgan fingerprint density at radius 3 is 2.34 bits per heavy atom. The maximum Gasteiger partial charge on any atom is 0.137 e. The summed E-state index contributed by atoms with van der Waals surface area (Å²) in [7, 11) is 1.68. The number of fused-ring (bicyclic) bond motifs is 1. The van der Waals surface area contributed by atoms with Gasteiger partial charge in [0, 0.05) is 11.3 Å². The first-order valence-electron chi connectivity index (χ1n) is 9.77. The molecule has 3 aromatic carbocycles. The highest BCUT2D eigenvalue weighted by Gasteiger charge is 2.26. The minimum absolute atomic E-state index is 0.0115. The first-order chi connectivity index (χ1) is 13.9. The van der Waals surface area contributed by atoms with E-state index >= 15 is 0 Å². The zero-order chi connectivity index (χ0) is 20.7. The predicted octanol–water partition coefficient (Wildman–Crippen LogP) is 6.53. The van der Waals surface area contributed by atoms with Crippen molar-refractivity contribution in [2.24, 2.45) is 0 Å². The van der Waals surface area contributed by atoms with E-state index in [4.69, 9.17) is 9.47 Å². The molecule has 0 bridgehead atoms. The number of methoxy groups -OCH3 is 1. The SMILES string of the molecule is COc1ccc(C2CSc3cc(-c4ccc(C)c(C)c4O)c(C)c(C)c3O2)cc1. The van der Waals surface area contributed by atoms with Gasteiger partial charge in [-0.2, -0.15) is 0 Å². The van der Waals surface area contributed by atoms with Gasteiger partial charge in [-0.15, -0.1) is 11.8 Å². The van der Waals surface area contributed by atoms with E-state index in [1.807, 2.05) is 43.8 Å². The Kier molecular flexibility index (Phi) is 5.22. The van der Waals surface area contributed by atoms with Gasteiger partial charge >= 0.3 is 0 Å². The molecule has 0 saturated heterocycles. The van der Waals surface area contributed by atoms with Gasteiger partial charge in [-0.1, -0.05) is 24.3 Å². The third-order valence-corrected chi connectivity index (χ3v) is 7.02. The average molecular weight is 407 g/mol. The topological polar surface area (TPSA) is 38.7 Å². The molecular weight excluding hydrogens is 380 g/mol. The third kappa shape index (κ3) is 3.46. The molecule has 1 N–H and O–H groups in total. The largest absolute Gasteiger partial charge is 0.507 e. The number of aryl methyl sites for hydroxylation is 1. The zero-order valence-corrected chi connectivity index (χ0v) is 18.3. The monoisotopic (exact) mass is 406 g/mol. The Bertz CT molecular complexity index is 1070. The van der Waals surface area contributed by atoms with Crippen LogP contribution in [0, 0.1) is 27.7 Å². The molecule has 0 spiro atoms. The van der Waals surface area contributed by atoms with Crippen molar-refractivity contribution in [3.63, 3.8) is 0 Å². The Hall–Kier alpha value is -2.59. The van der Waals surface area contributed by atoms with Gasteiger partial charge in [-0.05, 0) is 79.3 Å². The van der Waals surface area contributed by atoms with E-state index in [2.05, 4.69) is 38.1 Å². The Morgan fingerprint density at radius 1 is 0.931 bits per heavy atom. The van der Waals surface area contributed by atoms with Gasteiger partial charge in [0.2, 0.25) is 0 Å². The summed E-state index contributed by atoms with van der Waals surface area (Å²) < 4.78 is 11.7. The van der Waals surface area contributed by atoms with Gasteiger partial charge in [0.15, 0.2) is 0 Å². The lowest BCUT2D eigenvalue weighted by Gasteiger charge is -2.29. The lowest BCUT2D eigenvalue weighted by atomic mass is 9.93. The summed E-state index contributed by atoms with van der Waals surface area (Å²) in [5.74, 6) is 3.01. The van der Waals surface area contributed by atoms with Crippen molar-refractivity contribution in [1.82, 2.24) is 0 Å². The minimum atomic E-state index is 0.0115. The summed E-state index contributed by atoms with van der Waals surface area (Å²) in [4.78, 5) is 1.13. The third-order valence-electron chi connectivity index (χ3n) is 5.94. The lowest BCUT2D eigenvalue weighted by Crippen LogP contribution is -2.16. The van der Waals surface area contributed by atoms with Gasteiger partial charge < -0.3 is 14.6 Å². The molecule has 0 amide bonds. The summed E-state index contributed by atoms with van der Waals surface area (Å²) in [5, 5.41) is 10.7. The molecule has 1 aliphatic heterocycles. The summed E-state index contributed by atoms with van der Waals surface area (Å²) in [6, 6.07) is 14.3. The van der Waals surface area contributed by atoms with Crippen LogP contribution in [-0.2, 0) is 0 Å². The molecule has 3 nitrogen and oxygen atoms in total. The number of hydrogen-bond donors (Lipinski definition) is 1. The van der Waals surface area contributed by atoms with E-state index in [1.165, 1.54) is 0 Å². The predicted molar refractivity (Wildman–Crippen MR) is 120 cm³/mol. The molecule has 0 fully saturated rings. The quantitative estimate of drug-likeness (QED) is 0.537. The van der Waals surface area contributed by atoms with E-state index < -0.39 is 0 Å². The number of aromatic hydroxyl groups is 1. The van der Waals surface area contributed by atoms with Crippen LogP contribution in [0.4, 0.5) is 0 Å². The summed E-state index contributed by atoms with van der Waals surface area (Å²) in [6.45, 7) is 8.19. The van der Waals surface area contributed by atoms with Crippen LogP contribution in [0.25, 0.3) is 11.1 Å². The molecule has 0 radical (unpaired) electrons. The summed E-state index contributed by atoms with van der Waals surface area (Å²) in [5.41, 5.74) is 7.39. The molecule has 1 atom stereocenters. The Balaban J connectivity index is 1.72. The van der Waals surface area contributed by atoms with Crippen LogP contribution in [0.5, 0.6) is 17.2 Å². The van der Waals surface area contributed by atoms with Crippen LogP contribution in [-0.4, -0.2) is 18.0 Å². The van der Waals surface area contributed by atoms with Crippen molar-refractivity contribution in [2.45, 2.75) is 38.7 Å². The molecule has 1 unspecified atom stereocenters. The molecule has 0 saturated carbocycles. The van der Waals surface area contributed by atoms with Gasteiger partial charge in [0.25, 0.3) is 0 Å². The van der Waals surface area contributed by atoms with Gasteiger partial charge in [0.05, 0.1) is 12.0 Å². The van der Waals surface area contributed by atoms with Crippen molar-refractivity contribution >= 4 is 11.8 Å². The molecule has 3 aromatic rings. The fourth-order valence-corrected chi connectivity index (χ4v) is 4.86. The number of phenolic OH excluding ortho intramolecular Hbond substituents is 1. The van der Waals surface area contributed by atoms with E-state index in [1.54, 1.807) is 7.11 Å². The number of rotatable bonds is 3. The highest BCUT2D eigenvalue weighted by atomic mass is 32.2. The van der Waals surface area contributed by atoms with Crippen molar-refractivity contribution in [2.75, 3.05) is 12.9 Å². The molecular formula is C25H26O3S. The Labute approximate surface area is 176 Å². The van der Waals surface area contributed by atoms with Crippen molar-refractivity contribution < 1.29 is 14.6 Å². The zero-order valence-electron chi connectivity index (χ0n) is 17.5. The standard InChI is InChI=1S/C25H26O3S/c1-14-6-11-20(24(26)15(14)2)21-12-23-25(17(4)16(21)3)28-22(13-29-23)18-7-9-19(27-5)10-8-18/h6-12,22,26H,13H2,1-5H3. The Morgan fingerprint density at radius 2 is 1.66 bits per heavy atom. The molecule has 4 rings (SSSR count). The van der Waals surface area contributed by atoms with E-state index in [-0.39, 0.29) is 6.10 Å². The van der Waals surface area contributed by atoms with E-state index in [0.29, 0.717) is 5.75 Å². The highest BCUT2D eigenvalue weighted by Crippen LogP contribution is 2.47. The minimum Gasteiger partial charge on any atom is -0.507 e. The van der Waals surface area contributed by atoms with Gasteiger partial charge in [0.1, 0.15) is 23.4 Å². The fourth-order valence-electron chi connectivity index (χ4n) is 3.74. The van der Waals surface area contributed by atoms with Crippen molar-refractivity contribution in [3.8, 4) is 28.4 Å². The second-order valence-electron chi connectivity index (χ2n) is 7.60. The smallest absolute Gasteiger partial charge is 0.137 e. The number of thioether (sulfide) groups is 1. The summed E-state index contributed by atoms with van der Waals surface area (Å²) in [6.07, 6.45) is 0.0115. The molecule has 150 valence electrons. The van der Waals surface area contributed by atoms with Crippen molar-refractivity contribution in [1.29, 1.82) is 0 Å². The van der Waals surface area contributed by atoms with Crippen LogP contribution in [0.3, 0.4) is 0 Å². The number of benzene rings is 3. The normalized spacial score (nSPS) is 15.6. The van der Waals surface area contributed by atoms with Crippen molar-refractivity contribution in [3.05, 3.63) is 70.3 Å². The average Bonchev–Trinajstić information content (AvgIpc) is 2.75. The number of phenols is 1. The number of ether oxygens (including phenoxy) is 2. The lowest BCUT2D eigenvalue weighted by molar-refractivity contribution is 0.218. The second-order valence-corrected chi connectivity index (χ2v) is 8.66. The maximum atomic E-state index is 10.7. The first-order valence-corrected chi connectivity index (χ1v) is 10.8.